The van der Waals surface area contributed by atoms with Crippen LogP contribution in [0.2, 0.25) is 0 Å². The summed E-state index contributed by atoms with van der Waals surface area (Å²) >= 11 is 3.42. The van der Waals surface area contributed by atoms with E-state index in [2.05, 4.69) is 21.0 Å². The maximum atomic E-state index is 13.4. The van der Waals surface area contributed by atoms with Crippen molar-refractivity contribution >= 4 is 27.5 Å². The second kappa shape index (κ2) is 8.16. The van der Waals surface area contributed by atoms with E-state index in [-0.39, 0.29) is 11.5 Å². The minimum absolute atomic E-state index is 0.194. The molecule has 0 spiro atoms. The van der Waals surface area contributed by atoms with Crippen molar-refractivity contribution in [2.75, 3.05) is 31.1 Å². The zero-order valence-corrected chi connectivity index (χ0v) is 17.0. The molecule has 148 valence electrons. The summed E-state index contributed by atoms with van der Waals surface area (Å²) in [5, 5.41) is 4.31. The molecule has 1 saturated heterocycles. The van der Waals surface area contributed by atoms with Gasteiger partial charge in [0, 0.05) is 31.7 Å². The predicted molar refractivity (Wildman–Crippen MR) is 112 cm³/mol. The normalized spacial score (nSPS) is 14.1. The van der Waals surface area contributed by atoms with Crippen LogP contribution >= 0.6 is 15.9 Å². The molecule has 29 heavy (non-hydrogen) atoms. The number of piperazine rings is 1. The van der Waals surface area contributed by atoms with Crippen LogP contribution in [0, 0.1) is 5.82 Å². The third-order valence-electron chi connectivity index (χ3n) is 4.88. The van der Waals surface area contributed by atoms with Gasteiger partial charge in [-0.1, -0.05) is 24.3 Å². The van der Waals surface area contributed by atoms with Crippen molar-refractivity contribution in [2.24, 2.45) is 0 Å². The Morgan fingerprint density at radius 2 is 1.72 bits per heavy atom. The molecule has 2 heterocycles. The second-order valence-electron chi connectivity index (χ2n) is 6.69. The van der Waals surface area contributed by atoms with Gasteiger partial charge in [-0.3, -0.25) is 9.59 Å². The molecule has 2 aromatic carbocycles. The highest BCUT2D eigenvalue weighted by molar-refractivity contribution is 9.10. The Labute approximate surface area is 175 Å². The van der Waals surface area contributed by atoms with Crippen molar-refractivity contribution in [3.05, 3.63) is 87.0 Å². The van der Waals surface area contributed by atoms with Crippen molar-refractivity contribution in [3.8, 4) is 5.69 Å². The molecule has 0 saturated carbocycles. The molecule has 0 N–H and O–H groups in total. The lowest BCUT2D eigenvalue weighted by atomic mass is 10.1. The minimum Gasteiger partial charge on any atom is -0.366 e. The van der Waals surface area contributed by atoms with Gasteiger partial charge in [-0.05, 0) is 46.3 Å². The molecule has 1 aromatic heterocycles. The molecular formula is C21H18BrFN4O2. The number of aromatic nitrogens is 2. The van der Waals surface area contributed by atoms with E-state index in [0.29, 0.717) is 47.6 Å². The minimum atomic E-state index is -0.427. The largest absolute Gasteiger partial charge is 0.366 e. The molecule has 1 aliphatic heterocycles. The van der Waals surface area contributed by atoms with Gasteiger partial charge in [0.05, 0.1) is 17.6 Å². The Balaban J connectivity index is 1.50. The van der Waals surface area contributed by atoms with Crippen molar-refractivity contribution < 1.29 is 9.18 Å². The fourth-order valence-electron chi connectivity index (χ4n) is 3.35. The number of hydrogen-bond acceptors (Lipinski definition) is 4. The maximum absolute atomic E-state index is 13.4. The molecule has 0 atom stereocenters. The van der Waals surface area contributed by atoms with Crippen LogP contribution in [0.4, 0.5) is 10.1 Å². The third kappa shape index (κ3) is 3.93. The first kappa shape index (κ1) is 19.3. The average molecular weight is 457 g/mol. The van der Waals surface area contributed by atoms with Crippen molar-refractivity contribution in [2.45, 2.75) is 0 Å². The van der Waals surface area contributed by atoms with Gasteiger partial charge < -0.3 is 9.80 Å². The van der Waals surface area contributed by atoms with Crippen molar-refractivity contribution in [1.82, 2.24) is 14.7 Å². The first-order valence-corrected chi connectivity index (χ1v) is 9.97. The van der Waals surface area contributed by atoms with E-state index in [4.69, 9.17) is 0 Å². The molecule has 3 aromatic rings. The van der Waals surface area contributed by atoms with Crippen LogP contribution < -0.4 is 10.5 Å². The number of benzene rings is 2. The number of amides is 1. The SMILES string of the molecule is O=C(c1cccc(F)c1)N1CCN(c2cnn(-c3ccccc3)c(=O)c2Br)CC1. The van der Waals surface area contributed by atoms with Gasteiger partial charge in [0.1, 0.15) is 10.3 Å². The summed E-state index contributed by atoms with van der Waals surface area (Å²) < 4.78 is 15.2. The Morgan fingerprint density at radius 3 is 2.41 bits per heavy atom. The fourth-order valence-corrected chi connectivity index (χ4v) is 3.87. The van der Waals surface area contributed by atoms with E-state index >= 15 is 0 Å². The lowest BCUT2D eigenvalue weighted by molar-refractivity contribution is 0.0746. The van der Waals surface area contributed by atoms with Gasteiger partial charge in [-0.25, -0.2) is 4.39 Å². The van der Waals surface area contributed by atoms with Crippen LogP contribution in [0.3, 0.4) is 0 Å². The van der Waals surface area contributed by atoms with Gasteiger partial charge in [0.25, 0.3) is 11.5 Å². The van der Waals surface area contributed by atoms with E-state index in [1.54, 1.807) is 17.2 Å². The number of rotatable bonds is 3. The van der Waals surface area contributed by atoms with E-state index in [1.165, 1.54) is 22.9 Å². The smallest absolute Gasteiger partial charge is 0.287 e. The monoisotopic (exact) mass is 456 g/mol. The van der Waals surface area contributed by atoms with E-state index in [0.717, 1.165) is 0 Å². The fraction of sp³-hybridized carbons (Fsp3) is 0.190. The topological polar surface area (TPSA) is 58.4 Å². The van der Waals surface area contributed by atoms with E-state index < -0.39 is 5.82 Å². The summed E-state index contributed by atoms with van der Waals surface area (Å²) in [6.45, 7) is 2.05. The van der Waals surface area contributed by atoms with Gasteiger partial charge in [-0.15, -0.1) is 0 Å². The number of halogens is 2. The average Bonchev–Trinajstić information content (AvgIpc) is 2.76. The maximum Gasteiger partial charge on any atom is 0.287 e. The molecule has 0 aliphatic carbocycles. The number of para-hydroxylation sites is 1. The zero-order chi connectivity index (χ0) is 20.4. The highest BCUT2D eigenvalue weighted by Gasteiger charge is 2.25. The summed E-state index contributed by atoms with van der Waals surface area (Å²) in [5.41, 5.74) is 1.48. The van der Waals surface area contributed by atoms with Crippen molar-refractivity contribution in [3.63, 3.8) is 0 Å². The summed E-state index contributed by atoms with van der Waals surface area (Å²) in [5.74, 6) is -0.621. The van der Waals surface area contributed by atoms with E-state index in [1.807, 2.05) is 35.2 Å². The predicted octanol–water partition coefficient (Wildman–Crippen LogP) is 3.10. The molecule has 6 nitrogen and oxygen atoms in total. The molecule has 0 bridgehead atoms. The first-order chi connectivity index (χ1) is 14.0. The number of carbonyl (C=O) groups is 1. The summed E-state index contributed by atoms with van der Waals surface area (Å²) in [6.07, 6.45) is 1.66. The molecule has 8 heteroatoms. The van der Waals surface area contributed by atoms with Crippen LogP contribution in [-0.2, 0) is 0 Å². The Hall–Kier alpha value is -3.00. The van der Waals surface area contributed by atoms with E-state index in [9.17, 15) is 14.0 Å². The van der Waals surface area contributed by atoms with Gasteiger partial charge in [-0.2, -0.15) is 9.78 Å². The molecule has 0 radical (unpaired) electrons. The summed E-state index contributed by atoms with van der Waals surface area (Å²) in [6, 6.07) is 14.9. The highest BCUT2D eigenvalue weighted by Crippen LogP contribution is 2.24. The molecular weight excluding hydrogens is 439 g/mol. The summed E-state index contributed by atoms with van der Waals surface area (Å²) in [7, 11) is 0. The van der Waals surface area contributed by atoms with Gasteiger partial charge in [0.15, 0.2) is 0 Å². The number of anilines is 1. The van der Waals surface area contributed by atoms with Gasteiger partial charge >= 0.3 is 0 Å². The molecule has 1 aliphatic rings. The molecule has 4 rings (SSSR count). The van der Waals surface area contributed by atoms with Crippen LogP contribution in [0.15, 0.2) is 70.1 Å². The Morgan fingerprint density at radius 1 is 1.00 bits per heavy atom. The standard InChI is InChI=1S/C21H18BrFN4O2/c22-19-18(14-24-27(21(19)29)17-7-2-1-3-8-17)25-9-11-26(12-10-25)20(28)15-5-4-6-16(23)13-15/h1-8,13-14H,9-12H2. The van der Waals surface area contributed by atoms with Crippen molar-refractivity contribution in [1.29, 1.82) is 0 Å². The van der Waals surface area contributed by atoms with Crippen LogP contribution in [-0.4, -0.2) is 46.8 Å². The van der Waals surface area contributed by atoms with Crippen LogP contribution in [0.5, 0.6) is 0 Å². The second-order valence-corrected chi connectivity index (χ2v) is 7.48. The third-order valence-corrected chi connectivity index (χ3v) is 5.63. The van der Waals surface area contributed by atoms with Crippen LogP contribution in [0.25, 0.3) is 5.69 Å². The quantitative estimate of drug-likeness (QED) is 0.607. The number of carbonyl (C=O) groups excluding carboxylic acids is 1. The highest BCUT2D eigenvalue weighted by atomic mass is 79.9. The Kier molecular flexibility index (Phi) is 5.44. The van der Waals surface area contributed by atoms with Gasteiger partial charge in [0.2, 0.25) is 0 Å². The molecule has 0 unspecified atom stereocenters. The lowest BCUT2D eigenvalue weighted by Gasteiger charge is -2.36. The number of nitrogens with zero attached hydrogens (tertiary/aromatic N) is 4. The molecule has 1 fully saturated rings. The zero-order valence-electron chi connectivity index (χ0n) is 15.5. The summed E-state index contributed by atoms with van der Waals surface area (Å²) in [4.78, 5) is 29.0. The molecule has 1 amide bonds. The van der Waals surface area contributed by atoms with Crippen LogP contribution in [0.1, 0.15) is 10.4 Å². The number of hydrogen-bond donors (Lipinski definition) is 0. The lowest BCUT2D eigenvalue weighted by Crippen LogP contribution is -2.49. The first-order valence-electron chi connectivity index (χ1n) is 9.17. The Bertz CT molecular complexity index is 1100.